The van der Waals surface area contributed by atoms with Gasteiger partial charge in [0.05, 0.1) is 37.3 Å². The van der Waals surface area contributed by atoms with Crippen molar-refractivity contribution >= 4 is 21.8 Å². The Hall–Kier alpha value is -2.72. The van der Waals surface area contributed by atoms with Gasteiger partial charge in [-0.25, -0.2) is 9.97 Å². The van der Waals surface area contributed by atoms with Gasteiger partial charge in [0.25, 0.3) is 10.1 Å². The lowest BCUT2D eigenvalue weighted by Crippen LogP contribution is -2.36. The van der Waals surface area contributed by atoms with E-state index in [9.17, 15) is 8.42 Å². The van der Waals surface area contributed by atoms with Crippen molar-refractivity contribution in [2.45, 2.75) is 51.2 Å². The number of hydrogen-bond acceptors (Lipinski definition) is 9. The predicted octanol–water partition coefficient (Wildman–Crippen LogP) is 3.17. The van der Waals surface area contributed by atoms with Crippen LogP contribution < -0.4 is 14.4 Å². The lowest BCUT2D eigenvalue weighted by molar-refractivity contribution is 0.140. The van der Waals surface area contributed by atoms with E-state index in [1.165, 1.54) is 0 Å². The largest absolute Gasteiger partial charge is 0.493 e. The first-order valence-electron chi connectivity index (χ1n) is 11.6. The summed E-state index contributed by atoms with van der Waals surface area (Å²) in [6.07, 6.45) is 5.15. The minimum atomic E-state index is -3.53. The van der Waals surface area contributed by atoms with Crippen LogP contribution in [0.5, 0.6) is 11.5 Å². The molecule has 184 valence electrons. The van der Waals surface area contributed by atoms with Crippen LogP contribution >= 0.6 is 0 Å². The van der Waals surface area contributed by atoms with E-state index >= 15 is 0 Å². The zero-order chi connectivity index (χ0) is 24.5. The lowest BCUT2D eigenvalue weighted by atomic mass is 9.74. The van der Waals surface area contributed by atoms with Crippen molar-refractivity contribution in [1.82, 2.24) is 9.97 Å². The first-order valence-corrected chi connectivity index (χ1v) is 13.2. The van der Waals surface area contributed by atoms with Crippen LogP contribution in [0.1, 0.15) is 55.7 Å². The first kappa shape index (κ1) is 24.4. The van der Waals surface area contributed by atoms with Gasteiger partial charge in [0.15, 0.2) is 11.5 Å². The third-order valence-electron chi connectivity index (χ3n) is 6.30. The fourth-order valence-electron chi connectivity index (χ4n) is 4.62. The molecule has 1 aliphatic heterocycles. The average Bonchev–Trinajstić information content (AvgIpc) is 2.83. The lowest BCUT2D eigenvalue weighted by Gasteiger charge is -2.38. The monoisotopic (exact) mass is 488 g/mol. The third kappa shape index (κ3) is 4.88. The standard InChI is InChI=1S/C24H32N4O5S/c1-6-32-22-11-17-18-10-16(33-34(29,30)7-2)8-9-20(18)27-23(19(17)12-21(22)31-5)15-13-25-24(26-14-15)28(3)4/h11-14,16,18,20H,6-10H2,1-5H3/t16-,18-,20-/m1/s1. The fourth-order valence-corrected chi connectivity index (χ4v) is 5.35. The molecule has 0 spiro atoms. The number of benzene rings is 1. The number of hydrogen-bond donors (Lipinski definition) is 0. The Labute approximate surface area is 201 Å². The maximum absolute atomic E-state index is 12.1. The van der Waals surface area contributed by atoms with Gasteiger partial charge in [-0.2, -0.15) is 8.42 Å². The molecule has 3 atom stereocenters. The van der Waals surface area contributed by atoms with Crippen molar-refractivity contribution in [2.24, 2.45) is 4.99 Å². The Morgan fingerprint density at radius 1 is 1.09 bits per heavy atom. The smallest absolute Gasteiger partial charge is 0.267 e. The van der Waals surface area contributed by atoms with Crippen LogP contribution in [0.4, 0.5) is 5.95 Å². The summed E-state index contributed by atoms with van der Waals surface area (Å²) >= 11 is 0. The highest BCUT2D eigenvalue weighted by atomic mass is 32.2. The zero-order valence-electron chi connectivity index (χ0n) is 20.3. The zero-order valence-corrected chi connectivity index (χ0v) is 21.1. The topological polar surface area (TPSA) is 103 Å². The van der Waals surface area contributed by atoms with Gasteiger partial charge in [0, 0.05) is 43.5 Å². The van der Waals surface area contributed by atoms with Gasteiger partial charge in [-0.1, -0.05) is 0 Å². The number of aliphatic imine (C=N–C) groups is 1. The van der Waals surface area contributed by atoms with Crippen molar-refractivity contribution in [3.8, 4) is 11.5 Å². The van der Waals surface area contributed by atoms with Crippen LogP contribution in [0.25, 0.3) is 0 Å². The molecule has 1 aliphatic carbocycles. The Kier molecular flexibility index (Phi) is 7.09. The van der Waals surface area contributed by atoms with Crippen LogP contribution in [0.15, 0.2) is 29.5 Å². The molecule has 34 heavy (non-hydrogen) atoms. The summed E-state index contributed by atoms with van der Waals surface area (Å²) in [5, 5.41) is 0. The van der Waals surface area contributed by atoms with Crippen molar-refractivity contribution in [3.05, 3.63) is 41.2 Å². The van der Waals surface area contributed by atoms with Crippen molar-refractivity contribution in [1.29, 1.82) is 0 Å². The van der Waals surface area contributed by atoms with E-state index in [-0.39, 0.29) is 23.8 Å². The quantitative estimate of drug-likeness (QED) is 0.522. The number of rotatable bonds is 8. The molecule has 4 rings (SSSR count). The van der Waals surface area contributed by atoms with Gasteiger partial charge < -0.3 is 14.4 Å². The van der Waals surface area contributed by atoms with E-state index in [2.05, 4.69) is 9.97 Å². The molecule has 0 bridgehead atoms. The molecule has 9 nitrogen and oxygen atoms in total. The molecule has 0 amide bonds. The molecule has 0 N–H and O–H groups in total. The first-order chi connectivity index (χ1) is 16.3. The van der Waals surface area contributed by atoms with Gasteiger partial charge >= 0.3 is 0 Å². The highest BCUT2D eigenvalue weighted by Gasteiger charge is 2.39. The second-order valence-electron chi connectivity index (χ2n) is 8.72. The molecular weight excluding hydrogens is 456 g/mol. The molecule has 10 heteroatoms. The summed E-state index contributed by atoms with van der Waals surface area (Å²) in [4.78, 5) is 15.9. The highest BCUT2D eigenvalue weighted by molar-refractivity contribution is 7.86. The van der Waals surface area contributed by atoms with Crippen molar-refractivity contribution in [3.63, 3.8) is 0 Å². The Morgan fingerprint density at radius 2 is 1.82 bits per heavy atom. The van der Waals surface area contributed by atoms with Crippen LogP contribution in [-0.4, -0.2) is 69.8 Å². The van der Waals surface area contributed by atoms with Gasteiger partial charge in [-0.15, -0.1) is 0 Å². The summed E-state index contributed by atoms with van der Waals surface area (Å²) in [7, 11) is 1.88. The highest BCUT2D eigenvalue weighted by Crippen LogP contribution is 2.45. The molecular formula is C24H32N4O5S. The Balaban J connectivity index is 1.78. The number of aromatic nitrogens is 2. The van der Waals surface area contributed by atoms with Gasteiger partial charge in [-0.3, -0.25) is 9.18 Å². The van der Waals surface area contributed by atoms with E-state index in [4.69, 9.17) is 18.6 Å². The second kappa shape index (κ2) is 9.87. The maximum atomic E-state index is 12.1. The number of nitrogens with zero attached hydrogens (tertiary/aromatic N) is 4. The molecule has 0 unspecified atom stereocenters. The third-order valence-corrected chi connectivity index (χ3v) is 7.57. The molecule has 1 saturated carbocycles. The molecule has 2 aliphatic rings. The average molecular weight is 489 g/mol. The van der Waals surface area contributed by atoms with E-state index < -0.39 is 10.1 Å². The Bertz CT molecular complexity index is 1160. The summed E-state index contributed by atoms with van der Waals surface area (Å²) in [6.45, 7) is 4.03. The van der Waals surface area contributed by atoms with E-state index in [1.807, 2.05) is 38.1 Å². The van der Waals surface area contributed by atoms with Gasteiger partial charge in [0.1, 0.15) is 0 Å². The summed E-state index contributed by atoms with van der Waals surface area (Å²) < 4.78 is 41.2. The number of ether oxygens (including phenoxy) is 2. The Morgan fingerprint density at radius 3 is 2.44 bits per heavy atom. The van der Waals surface area contributed by atoms with Crippen LogP contribution in [0, 0.1) is 0 Å². The minimum absolute atomic E-state index is 0.00285. The van der Waals surface area contributed by atoms with Crippen molar-refractivity contribution in [2.75, 3.05) is 38.5 Å². The summed E-state index contributed by atoms with van der Waals surface area (Å²) in [5.41, 5.74) is 3.60. The van der Waals surface area contributed by atoms with E-state index in [0.29, 0.717) is 36.9 Å². The maximum Gasteiger partial charge on any atom is 0.267 e. The van der Waals surface area contributed by atoms with Gasteiger partial charge in [0.2, 0.25) is 5.95 Å². The predicted molar refractivity (Wildman–Crippen MR) is 131 cm³/mol. The SMILES string of the molecule is CCOc1cc2c(cc1OC)C(c1cnc(N(C)C)nc1)=N[C@@H]1CC[C@@H](OS(=O)(=O)CC)C[C@H]21. The second-order valence-corrected chi connectivity index (χ2v) is 10.6. The van der Waals surface area contributed by atoms with Crippen LogP contribution in [0.3, 0.4) is 0 Å². The van der Waals surface area contributed by atoms with E-state index in [1.54, 1.807) is 26.4 Å². The minimum Gasteiger partial charge on any atom is -0.493 e. The normalized spacial score (nSPS) is 21.8. The molecule has 2 aromatic rings. The number of anilines is 1. The summed E-state index contributed by atoms with van der Waals surface area (Å²) in [6, 6.07) is 3.96. The fraction of sp³-hybridized carbons (Fsp3) is 0.542. The van der Waals surface area contributed by atoms with E-state index in [0.717, 1.165) is 28.8 Å². The molecule has 1 aromatic carbocycles. The van der Waals surface area contributed by atoms with Crippen LogP contribution in [0.2, 0.25) is 0 Å². The molecule has 0 saturated heterocycles. The molecule has 1 fully saturated rings. The molecule has 2 heterocycles. The van der Waals surface area contributed by atoms with Gasteiger partial charge in [-0.05, 0) is 50.8 Å². The van der Waals surface area contributed by atoms with Crippen LogP contribution in [-0.2, 0) is 14.3 Å². The van der Waals surface area contributed by atoms with Crippen molar-refractivity contribution < 1.29 is 22.1 Å². The molecule has 0 radical (unpaired) electrons. The number of fused-ring (bicyclic) bond motifs is 3. The number of methoxy groups -OCH3 is 1. The molecule has 1 aromatic heterocycles. The summed E-state index contributed by atoms with van der Waals surface area (Å²) in [5.74, 6) is 1.88.